The van der Waals surface area contributed by atoms with Crippen molar-refractivity contribution in [2.24, 2.45) is 0 Å². The summed E-state index contributed by atoms with van der Waals surface area (Å²) >= 11 is 0. The maximum atomic E-state index is 11.9. The van der Waals surface area contributed by atoms with Crippen LogP contribution in [0.4, 0.5) is 0 Å². The lowest BCUT2D eigenvalue weighted by molar-refractivity contribution is -0.119. The van der Waals surface area contributed by atoms with E-state index < -0.39 is 5.54 Å². The second-order valence-electron chi connectivity index (χ2n) is 4.32. The molecule has 0 bridgehead atoms. The van der Waals surface area contributed by atoms with E-state index >= 15 is 0 Å². The third kappa shape index (κ3) is 2.65. The molecule has 0 aromatic heterocycles. The van der Waals surface area contributed by atoms with Gasteiger partial charge in [-0.05, 0) is 32.9 Å². The standard InChI is InChI=1S/C12H15NO2/c1-12(2,3)13(9-14)11(15)10-7-5-4-6-8-10/h4-9H,1-3H3. The third-order valence-electron chi connectivity index (χ3n) is 2.07. The van der Waals surface area contributed by atoms with Gasteiger partial charge in [0.2, 0.25) is 6.41 Å². The highest BCUT2D eigenvalue weighted by atomic mass is 16.2. The number of imide groups is 1. The average Bonchev–Trinajstić information content (AvgIpc) is 2.18. The summed E-state index contributed by atoms with van der Waals surface area (Å²) in [5.74, 6) is -0.266. The van der Waals surface area contributed by atoms with Crippen molar-refractivity contribution < 1.29 is 9.59 Å². The highest BCUT2D eigenvalue weighted by molar-refractivity contribution is 6.00. The molecule has 1 aromatic rings. The van der Waals surface area contributed by atoms with Crippen LogP contribution in [0.5, 0.6) is 0 Å². The van der Waals surface area contributed by atoms with Crippen LogP contribution in [0.3, 0.4) is 0 Å². The molecule has 0 fully saturated rings. The molecule has 1 rings (SSSR count). The molecule has 0 saturated carbocycles. The molecule has 0 spiro atoms. The van der Waals surface area contributed by atoms with Crippen LogP contribution in [0.25, 0.3) is 0 Å². The van der Waals surface area contributed by atoms with Gasteiger partial charge in [0.25, 0.3) is 5.91 Å². The van der Waals surface area contributed by atoms with Gasteiger partial charge < -0.3 is 0 Å². The molecular weight excluding hydrogens is 190 g/mol. The van der Waals surface area contributed by atoms with E-state index in [-0.39, 0.29) is 5.91 Å². The SMILES string of the molecule is CC(C)(C)N(C=O)C(=O)c1ccccc1. The van der Waals surface area contributed by atoms with Gasteiger partial charge in [0.1, 0.15) is 0 Å². The van der Waals surface area contributed by atoms with E-state index in [0.29, 0.717) is 12.0 Å². The number of amides is 2. The number of hydrogen-bond donors (Lipinski definition) is 0. The van der Waals surface area contributed by atoms with Crippen LogP contribution >= 0.6 is 0 Å². The normalized spacial score (nSPS) is 10.9. The highest BCUT2D eigenvalue weighted by Gasteiger charge is 2.26. The van der Waals surface area contributed by atoms with Crippen LogP contribution in [0, 0.1) is 0 Å². The van der Waals surface area contributed by atoms with Crippen LogP contribution in [-0.2, 0) is 4.79 Å². The first kappa shape index (κ1) is 11.4. The second kappa shape index (κ2) is 4.26. The predicted octanol–water partition coefficient (Wildman–Crippen LogP) is 2.08. The molecule has 3 nitrogen and oxygen atoms in total. The van der Waals surface area contributed by atoms with Crippen molar-refractivity contribution >= 4 is 12.3 Å². The van der Waals surface area contributed by atoms with E-state index in [2.05, 4.69) is 0 Å². The van der Waals surface area contributed by atoms with Crippen molar-refractivity contribution in [3.05, 3.63) is 35.9 Å². The number of rotatable bonds is 2. The number of carbonyl (C=O) groups excluding carboxylic acids is 2. The zero-order chi connectivity index (χ0) is 11.5. The Hall–Kier alpha value is -1.64. The fourth-order valence-electron chi connectivity index (χ4n) is 1.23. The topological polar surface area (TPSA) is 37.4 Å². The Morgan fingerprint density at radius 2 is 1.73 bits per heavy atom. The molecule has 0 saturated heterocycles. The zero-order valence-corrected chi connectivity index (χ0v) is 9.23. The average molecular weight is 205 g/mol. The fourth-order valence-corrected chi connectivity index (χ4v) is 1.23. The van der Waals surface area contributed by atoms with Gasteiger partial charge in [-0.15, -0.1) is 0 Å². The summed E-state index contributed by atoms with van der Waals surface area (Å²) in [6.07, 6.45) is 0.579. The number of nitrogens with zero attached hydrogens (tertiary/aromatic N) is 1. The van der Waals surface area contributed by atoms with Crippen LogP contribution < -0.4 is 0 Å². The Morgan fingerprint density at radius 3 is 2.13 bits per heavy atom. The van der Waals surface area contributed by atoms with Gasteiger partial charge >= 0.3 is 0 Å². The molecular formula is C12H15NO2. The second-order valence-corrected chi connectivity index (χ2v) is 4.32. The highest BCUT2D eigenvalue weighted by Crippen LogP contribution is 2.14. The van der Waals surface area contributed by atoms with Crippen molar-refractivity contribution in [1.82, 2.24) is 4.90 Å². The summed E-state index contributed by atoms with van der Waals surface area (Å²) in [6.45, 7) is 5.46. The molecule has 15 heavy (non-hydrogen) atoms. The van der Waals surface area contributed by atoms with Crippen LogP contribution in [-0.4, -0.2) is 22.8 Å². The Labute approximate surface area is 89.7 Å². The summed E-state index contributed by atoms with van der Waals surface area (Å²) in [4.78, 5) is 24.0. The van der Waals surface area contributed by atoms with Gasteiger partial charge in [-0.1, -0.05) is 18.2 Å². The van der Waals surface area contributed by atoms with E-state index in [4.69, 9.17) is 0 Å². The first-order chi connectivity index (χ1) is 6.96. The minimum absolute atomic E-state index is 0.266. The lowest BCUT2D eigenvalue weighted by Crippen LogP contribution is -2.44. The molecule has 1 aromatic carbocycles. The predicted molar refractivity (Wildman–Crippen MR) is 58.4 cm³/mol. The number of carbonyl (C=O) groups is 2. The summed E-state index contributed by atoms with van der Waals surface area (Å²) < 4.78 is 0. The van der Waals surface area contributed by atoms with Crippen LogP contribution in [0.2, 0.25) is 0 Å². The molecule has 0 unspecified atom stereocenters. The lowest BCUT2D eigenvalue weighted by Gasteiger charge is -2.30. The van der Waals surface area contributed by atoms with Gasteiger partial charge in [0.15, 0.2) is 0 Å². The van der Waals surface area contributed by atoms with E-state index in [1.54, 1.807) is 24.3 Å². The fraction of sp³-hybridized carbons (Fsp3) is 0.333. The largest absolute Gasteiger partial charge is 0.278 e. The molecule has 0 N–H and O–H groups in total. The Bertz CT molecular complexity index is 352. The van der Waals surface area contributed by atoms with E-state index in [1.807, 2.05) is 26.8 Å². The van der Waals surface area contributed by atoms with Crippen molar-refractivity contribution in [2.45, 2.75) is 26.3 Å². The van der Waals surface area contributed by atoms with Crippen molar-refractivity contribution in [3.63, 3.8) is 0 Å². The molecule has 80 valence electrons. The van der Waals surface area contributed by atoms with E-state index in [1.165, 1.54) is 4.90 Å². The van der Waals surface area contributed by atoms with E-state index in [0.717, 1.165) is 0 Å². The minimum atomic E-state index is -0.491. The van der Waals surface area contributed by atoms with Crippen molar-refractivity contribution in [2.75, 3.05) is 0 Å². The zero-order valence-electron chi connectivity index (χ0n) is 9.23. The van der Waals surface area contributed by atoms with Crippen LogP contribution in [0.15, 0.2) is 30.3 Å². The van der Waals surface area contributed by atoms with Crippen molar-refractivity contribution in [3.8, 4) is 0 Å². The van der Waals surface area contributed by atoms with Crippen molar-refractivity contribution in [1.29, 1.82) is 0 Å². The molecule has 0 aliphatic rings. The number of hydrogen-bond acceptors (Lipinski definition) is 2. The molecule has 3 heteroatoms. The summed E-state index contributed by atoms with van der Waals surface area (Å²) in [5.41, 5.74) is 0.0359. The van der Waals surface area contributed by atoms with Gasteiger partial charge in [0, 0.05) is 11.1 Å². The summed E-state index contributed by atoms with van der Waals surface area (Å²) in [7, 11) is 0. The Balaban J connectivity index is 2.98. The van der Waals surface area contributed by atoms with Gasteiger partial charge in [-0.2, -0.15) is 0 Å². The maximum Gasteiger partial charge on any atom is 0.260 e. The molecule has 0 aliphatic carbocycles. The first-order valence-corrected chi connectivity index (χ1v) is 4.81. The number of benzene rings is 1. The molecule has 0 heterocycles. The van der Waals surface area contributed by atoms with Gasteiger partial charge in [0.05, 0.1) is 0 Å². The molecule has 2 amide bonds. The van der Waals surface area contributed by atoms with Crippen LogP contribution in [0.1, 0.15) is 31.1 Å². The Morgan fingerprint density at radius 1 is 1.20 bits per heavy atom. The molecule has 0 atom stereocenters. The molecule has 0 aliphatic heterocycles. The minimum Gasteiger partial charge on any atom is -0.278 e. The summed E-state index contributed by atoms with van der Waals surface area (Å²) in [5, 5.41) is 0. The lowest BCUT2D eigenvalue weighted by atomic mass is 10.1. The monoisotopic (exact) mass is 205 g/mol. The quantitative estimate of drug-likeness (QED) is 0.693. The van der Waals surface area contributed by atoms with Gasteiger partial charge in [-0.25, -0.2) is 0 Å². The molecule has 0 radical (unpaired) electrons. The first-order valence-electron chi connectivity index (χ1n) is 4.81. The Kier molecular flexibility index (Phi) is 3.24. The van der Waals surface area contributed by atoms with Gasteiger partial charge in [-0.3, -0.25) is 14.5 Å². The summed E-state index contributed by atoms with van der Waals surface area (Å²) in [6, 6.07) is 8.78. The smallest absolute Gasteiger partial charge is 0.260 e. The maximum absolute atomic E-state index is 11.9. The van der Waals surface area contributed by atoms with E-state index in [9.17, 15) is 9.59 Å². The third-order valence-corrected chi connectivity index (χ3v) is 2.07.